The van der Waals surface area contributed by atoms with Crippen molar-refractivity contribution in [2.45, 2.75) is 39.2 Å². The number of nitrogens with one attached hydrogen (secondary N) is 1. The zero-order valence-electron chi connectivity index (χ0n) is 10.1. The third-order valence-corrected chi connectivity index (χ3v) is 3.32. The van der Waals surface area contributed by atoms with E-state index in [2.05, 4.69) is 17.2 Å². The summed E-state index contributed by atoms with van der Waals surface area (Å²) in [6.45, 7) is 3.93. The van der Waals surface area contributed by atoms with Crippen LogP contribution < -0.4 is 5.32 Å². The van der Waals surface area contributed by atoms with E-state index in [0.717, 1.165) is 18.8 Å². The second kappa shape index (κ2) is 4.69. The molecule has 0 aliphatic heterocycles. The molecule has 5 nitrogen and oxygen atoms in total. The summed E-state index contributed by atoms with van der Waals surface area (Å²) in [5.74, 6) is 1.34. The summed E-state index contributed by atoms with van der Waals surface area (Å²) in [4.78, 5) is 14.6. The van der Waals surface area contributed by atoms with E-state index in [1.54, 1.807) is 13.1 Å². The number of rotatable bonds is 3. The van der Waals surface area contributed by atoms with E-state index in [1.165, 1.54) is 12.5 Å². The molecule has 1 aromatic heterocycles. The predicted octanol–water partition coefficient (Wildman–Crippen LogP) is 2.90. The van der Waals surface area contributed by atoms with Gasteiger partial charge >= 0.3 is 0 Å². The van der Waals surface area contributed by atoms with Gasteiger partial charge in [0.15, 0.2) is 0 Å². The van der Waals surface area contributed by atoms with Crippen LogP contribution in [0.4, 0.5) is 11.5 Å². The van der Waals surface area contributed by atoms with E-state index >= 15 is 0 Å². The Balaban J connectivity index is 2.11. The summed E-state index contributed by atoms with van der Waals surface area (Å²) in [5.41, 5.74) is 0.730. The summed E-state index contributed by atoms with van der Waals surface area (Å²) in [6, 6.07) is 1.93. The Morgan fingerprint density at radius 1 is 1.53 bits per heavy atom. The highest BCUT2D eigenvalue weighted by Crippen LogP contribution is 2.28. The maximum atomic E-state index is 10.8. The fraction of sp³-hybridized carbons (Fsp3) is 0.583. The van der Waals surface area contributed by atoms with Crippen LogP contribution in [0.25, 0.3) is 0 Å². The molecule has 1 heterocycles. The molecule has 0 bridgehead atoms. The summed E-state index contributed by atoms with van der Waals surface area (Å²) < 4.78 is 0. The van der Waals surface area contributed by atoms with Gasteiger partial charge in [0.25, 0.3) is 5.69 Å². The first-order valence-corrected chi connectivity index (χ1v) is 5.94. The van der Waals surface area contributed by atoms with Gasteiger partial charge < -0.3 is 5.32 Å². The van der Waals surface area contributed by atoms with E-state index in [0.29, 0.717) is 17.4 Å². The van der Waals surface area contributed by atoms with Gasteiger partial charge in [0, 0.05) is 17.8 Å². The van der Waals surface area contributed by atoms with Gasteiger partial charge in [-0.15, -0.1) is 0 Å². The lowest BCUT2D eigenvalue weighted by atomic mass is 10.1. The average molecular weight is 235 g/mol. The molecular formula is C12H17N3O2. The standard InChI is InChI=1S/C12H17N3O2/c1-8-3-4-10(5-8)14-12-6-11(15(16)17)9(2)7-13-12/h6-8,10H,3-5H2,1-2H3,(H,13,14). The minimum atomic E-state index is -0.362. The zero-order chi connectivity index (χ0) is 12.4. The van der Waals surface area contributed by atoms with Crippen molar-refractivity contribution in [3.05, 3.63) is 27.9 Å². The van der Waals surface area contributed by atoms with Crippen molar-refractivity contribution < 1.29 is 4.92 Å². The van der Waals surface area contributed by atoms with Crippen LogP contribution in [0.1, 0.15) is 31.7 Å². The second-order valence-corrected chi connectivity index (χ2v) is 4.87. The van der Waals surface area contributed by atoms with Gasteiger partial charge in [0.2, 0.25) is 0 Å². The fourth-order valence-electron chi connectivity index (χ4n) is 2.34. The molecule has 0 saturated heterocycles. The van der Waals surface area contributed by atoms with Crippen LogP contribution in [-0.4, -0.2) is 15.9 Å². The summed E-state index contributed by atoms with van der Waals surface area (Å²) in [5, 5.41) is 14.1. The van der Waals surface area contributed by atoms with Gasteiger partial charge in [-0.2, -0.15) is 0 Å². The largest absolute Gasteiger partial charge is 0.367 e. The van der Waals surface area contributed by atoms with Gasteiger partial charge in [-0.1, -0.05) is 6.92 Å². The molecule has 2 unspecified atom stereocenters. The molecule has 2 atom stereocenters. The number of hydrogen-bond donors (Lipinski definition) is 1. The van der Waals surface area contributed by atoms with E-state index in [1.807, 2.05) is 0 Å². The Bertz CT molecular complexity index is 434. The lowest BCUT2D eigenvalue weighted by molar-refractivity contribution is -0.385. The third kappa shape index (κ3) is 2.72. The first kappa shape index (κ1) is 11.8. The predicted molar refractivity (Wildman–Crippen MR) is 66.1 cm³/mol. The number of nitrogens with zero attached hydrogens (tertiary/aromatic N) is 2. The minimum Gasteiger partial charge on any atom is -0.367 e. The van der Waals surface area contributed by atoms with E-state index in [4.69, 9.17) is 0 Å². The maximum Gasteiger partial charge on any atom is 0.277 e. The molecule has 0 spiro atoms. The van der Waals surface area contributed by atoms with Gasteiger partial charge in [-0.3, -0.25) is 10.1 Å². The van der Waals surface area contributed by atoms with Gasteiger partial charge in [0.05, 0.1) is 11.0 Å². The van der Waals surface area contributed by atoms with Gasteiger partial charge in [-0.25, -0.2) is 4.98 Å². The van der Waals surface area contributed by atoms with Crippen LogP contribution in [-0.2, 0) is 0 Å². The lowest BCUT2D eigenvalue weighted by Crippen LogP contribution is -2.16. The summed E-state index contributed by atoms with van der Waals surface area (Å²) in [6.07, 6.45) is 5.00. The van der Waals surface area contributed by atoms with Crippen molar-refractivity contribution >= 4 is 11.5 Å². The molecule has 0 amide bonds. The van der Waals surface area contributed by atoms with Crippen LogP contribution in [0.2, 0.25) is 0 Å². The molecular weight excluding hydrogens is 218 g/mol. The highest BCUT2D eigenvalue weighted by atomic mass is 16.6. The van der Waals surface area contributed by atoms with Gasteiger partial charge in [-0.05, 0) is 32.1 Å². The smallest absolute Gasteiger partial charge is 0.277 e. The van der Waals surface area contributed by atoms with Crippen molar-refractivity contribution in [3.8, 4) is 0 Å². The van der Waals surface area contributed by atoms with E-state index < -0.39 is 0 Å². The second-order valence-electron chi connectivity index (χ2n) is 4.87. The van der Waals surface area contributed by atoms with Crippen LogP contribution in [0.15, 0.2) is 12.3 Å². The minimum absolute atomic E-state index is 0.133. The quantitative estimate of drug-likeness (QED) is 0.646. The molecule has 92 valence electrons. The summed E-state index contributed by atoms with van der Waals surface area (Å²) >= 11 is 0. The SMILES string of the molecule is Cc1cnc(NC2CCC(C)C2)cc1[N+](=O)[O-]. The van der Waals surface area contributed by atoms with Crippen LogP contribution in [0.5, 0.6) is 0 Å². The topological polar surface area (TPSA) is 68.1 Å². The normalized spacial score (nSPS) is 23.6. The molecule has 1 aliphatic carbocycles. The Morgan fingerprint density at radius 2 is 2.29 bits per heavy atom. The fourth-order valence-corrected chi connectivity index (χ4v) is 2.34. The number of pyridine rings is 1. The van der Waals surface area contributed by atoms with Crippen molar-refractivity contribution in [1.82, 2.24) is 4.98 Å². The Labute approximate surface area is 100 Å². The first-order valence-electron chi connectivity index (χ1n) is 5.94. The molecule has 1 saturated carbocycles. The Hall–Kier alpha value is -1.65. The zero-order valence-corrected chi connectivity index (χ0v) is 10.1. The van der Waals surface area contributed by atoms with Crippen LogP contribution in [0.3, 0.4) is 0 Å². The van der Waals surface area contributed by atoms with Crippen LogP contribution >= 0.6 is 0 Å². The van der Waals surface area contributed by atoms with Crippen molar-refractivity contribution in [2.24, 2.45) is 5.92 Å². The monoisotopic (exact) mass is 235 g/mol. The molecule has 1 aliphatic rings. The molecule has 0 radical (unpaired) electrons. The number of aryl methyl sites for hydroxylation is 1. The molecule has 17 heavy (non-hydrogen) atoms. The van der Waals surface area contributed by atoms with Crippen molar-refractivity contribution in [1.29, 1.82) is 0 Å². The first-order chi connectivity index (χ1) is 8.06. The number of hydrogen-bond acceptors (Lipinski definition) is 4. The number of anilines is 1. The third-order valence-electron chi connectivity index (χ3n) is 3.32. The highest BCUT2D eigenvalue weighted by molar-refractivity contribution is 5.49. The Kier molecular flexibility index (Phi) is 3.26. The Morgan fingerprint density at radius 3 is 2.88 bits per heavy atom. The molecule has 1 fully saturated rings. The highest BCUT2D eigenvalue weighted by Gasteiger charge is 2.22. The lowest BCUT2D eigenvalue weighted by Gasteiger charge is -2.13. The van der Waals surface area contributed by atoms with E-state index in [9.17, 15) is 10.1 Å². The van der Waals surface area contributed by atoms with Crippen molar-refractivity contribution in [2.75, 3.05) is 5.32 Å². The number of aromatic nitrogens is 1. The van der Waals surface area contributed by atoms with Crippen LogP contribution in [0, 0.1) is 23.0 Å². The molecule has 1 aromatic rings. The maximum absolute atomic E-state index is 10.8. The number of nitro groups is 1. The summed E-state index contributed by atoms with van der Waals surface area (Å²) in [7, 11) is 0. The molecule has 2 rings (SSSR count). The van der Waals surface area contributed by atoms with Gasteiger partial charge in [0.1, 0.15) is 5.82 Å². The van der Waals surface area contributed by atoms with Crippen molar-refractivity contribution in [3.63, 3.8) is 0 Å². The average Bonchev–Trinajstić information content (AvgIpc) is 2.66. The molecule has 5 heteroatoms. The van der Waals surface area contributed by atoms with E-state index in [-0.39, 0.29) is 10.6 Å². The molecule has 1 N–H and O–H groups in total. The molecule has 0 aromatic carbocycles.